The predicted molar refractivity (Wildman–Crippen MR) is 84.5 cm³/mol. The standard InChI is InChI=1S/C17H15N3O/c1-3-12(2)15-11-16(21)13-7-4-5-8-14(13)20(15)17-18-9-6-10-19-17/h3-11H,1-2H3/b12-3+. The average molecular weight is 277 g/mol. The van der Waals surface area contributed by atoms with E-state index < -0.39 is 0 Å². The molecular formula is C17H15N3O. The number of benzene rings is 1. The first-order chi connectivity index (χ1) is 10.2. The van der Waals surface area contributed by atoms with Crippen LogP contribution in [0.2, 0.25) is 0 Å². The van der Waals surface area contributed by atoms with Gasteiger partial charge in [0.25, 0.3) is 0 Å². The lowest BCUT2D eigenvalue weighted by atomic mass is 10.1. The normalized spacial score (nSPS) is 11.8. The van der Waals surface area contributed by atoms with E-state index in [0.717, 1.165) is 16.8 Å². The molecule has 0 aliphatic carbocycles. The first kappa shape index (κ1) is 13.2. The molecule has 0 bridgehead atoms. The number of allylic oxidation sites excluding steroid dienone is 2. The number of para-hydroxylation sites is 1. The highest BCUT2D eigenvalue weighted by atomic mass is 16.1. The van der Waals surface area contributed by atoms with E-state index in [-0.39, 0.29) is 5.43 Å². The molecule has 4 nitrogen and oxygen atoms in total. The maximum absolute atomic E-state index is 12.3. The summed E-state index contributed by atoms with van der Waals surface area (Å²) in [5, 5.41) is 0.664. The van der Waals surface area contributed by atoms with Crippen LogP contribution in [-0.4, -0.2) is 14.5 Å². The quantitative estimate of drug-likeness (QED) is 0.722. The number of hydrogen-bond acceptors (Lipinski definition) is 3. The Morgan fingerprint density at radius 2 is 1.86 bits per heavy atom. The van der Waals surface area contributed by atoms with Crippen LogP contribution in [0.15, 0.2) is 59.7 Å². The maximum atomic E-state index is 12.3. The lowest BCUT2D eigenvalue weighted by Gasteiger charge is -2.15. The van der Waals surface area contributed by atoms with Gasteiger partial charge in [-0.2, -0.15) is 0 Å². The van der Waals surface area contributed by atoms with Crippen molar-refractivity contribution in [1.82, 2.24) is 14.5 Å². The summed E-state index contributed by atoms with van der Waals surface area (Å²) in [6.07, 6.45) is 5.37. The van der Waals surface area contributed by atoms with E-state index in [9.17, 15) is 4.79 Å². The zero-order chi connectivity index (χ0) is 14.8. The molecule has 0 radical (unpaired) electrons. The third-order valence-corrected chi connectivity index (χ3v) is 3.51. The van der Waals surface area contributed by atoms with Gasteiger partial charge in [-0.25, -0.2) is 9.97 Å². The third-order valence-electron chi connectivity index (χ3n) is 3.51. The highest BCUT2D eigenvalue weighted by Crippen LogP contribution is 2.21. The van der Waals surface area contributed by atoms with Crippen LogP contribution in [0.5, 0.6) is 0 Å². The molecule has 21 heavy (non-hydrogen) atoms. The first-order valence-corrected chi connectivity index (χ1v) is 6.78. The van der Waals surface area contributed by atoms with Crippen LogP contribution in [0.4, 0.5) is 0 Å². The van der Waals surface area contributed by atoms with Gasteiger partial charge >= 0.3 is 0 Å². The Morgan fingerprint density at radius 3 is 2.57 bits per heavy atom. The number of hydrogen-bond donors (Lipinski definition) is 0. The van der Waals surface area contributed by atoms with Gasteiger partial charge in [-0.3, -0.25) is 9.36 Å². The zero-order valence-electron chi connectivity index (χ0n) is 11.9. The molecule has 4 heteroatoms. The Hall–Kier alpha value is -2.75. The number of pyridine rings is 1. The average Bonchev–Trinajstić information content (AvgIpc) is 2.55. The Balaban J connectivity index is 2.50. The summed E-state index contributed by atoms with van der Waals surface area (Å²) >= 11 is 0. The number of aromatic nitrogens is 3. The van der Waals surface area contributed by atoms with Crippen LogP contribution < -0.4 is 5.43 Å². The largest absolute Gasteiger partial charge is 0.289 e. The van der Waals surface area contributed by atoms with Crippen LogP contribution in [0.3, 0.4) is 0 Å². The second kappa shape index (κ2) is 5.32. The summed E-state index contributed by atoms with van der Waals surface area (Å²) in [5.74, 6) is 0.560. The van der Waals surface area contributed by atoms with Crippen molar-refractivity contribution in [2.45, 2.75) is 13.8 Å². The summed E-state index contributed by atoms with van der Waals surface area (Å²) < 4.78 is 1.92. The van der Waals surface area contributed by atoms with E-state index >= 15 is 0 Å². The Kier molecular flexibility index (Phi) is 3.36. The molecule has 2 aromatic heterocycles. The molecular weight excluding hydrogens is 262 g/mol. The molecule has 0 amide bonds. The topological polar surface area (TPSA) is 47.8 Å². The second-order valence-electron chi connectivity index (χ2n) is 4.77. The maximum Gasteiger partial charge on any atom is 0.234 e. The number of rotatable bonds is 2. The van der Waals surface area contributed by atoms with Gasteiger partial charge in [-0.05, 0) is 37.6 Å². The second-order valence-corrected chi connectivity index (χ2v) is 4.77. The summed E-state index contributed by atoms with van der Waals surface area (Å²) in [4.78, 5) is 21.0. The molecule has 2 heterocycles. The first-order valence-electron chi connectivity index (χ1n) is 6.78. The Labute approximate surface area is 122 Å². The van der Waals surface area contributed by atoms with Crippen molar-refractivity contribution >= 4 is 16.5 Å². The molecule has 3 rings (SSSR count). The fraction of sp³-hybridized carbons (Fsp3) is 0.118. The fourth-order valence-electron chi connectivity index (χ4n) is 2.33. The van der Waals surface area contributed by atoms with Gasteiger partial charge in [0.15, 0.2) is 5.43 Å². The lowest BCUT2D eigenvalue weighted by molar-refractivity contribution is 0.934. The van der Waals surface area contributed by atoms with Crippen molar-refractivity contribution in [3.63, 3.8) is 0 Å². The summed E-state index contributed by atoms with van der Waals surface area (Å²) in [5.41, 5.74) is 2.64. The molecule has 0 atom stereocenters. The van der Waals surface area contributed by atoms with E-state index in [0.29, 0.717) is 11.3 Å². The van der Waals surface area contributed by atoms with Crippen LogP contribution in [0.1, 0.15) is 19.5 Å². The van der Waals surface area contributed by atoms with E-state index in [1.165, 1.54) is 0 Å². The summed E-state index contributed by atoms with van der Waals surface area (Å²) in [6, 6.07) is 10.9. The molecule has 104 valence electrons. The van der Waals surface area contributed by atoms with Crippen molar-refractivity contribution in [2.75, 3.05) is 0 Å². The van der Waals surface area contributed by atoms with Crippen LogP contribution in [-0.2, 0) is 0 Å². The lowest BCUT2D eigenvalue weighted by Crippen LogP contribution is -2.14. The highest BCUT2D eigenvalue weighted by molar-refractivity contribution is 5.83. The number of nitrogens with zero attached hydrogens (tertiary/aromatic N) is 3. The van der Waals surface area contributed by atoms with Crippen LogP contribution >= 0.6 is 0 Å². The van der Waals surface area contributed by atoms with E-state index in [1.54, 1.807) is 24.5 Å². The Bertz CT molecular complexity index is 879. The van der Waals surface area contributed by atoms with Crippen molar-refractivity contribution < 1.29 is 0 Å². The van der Waals surface area contributed by atoms with E-state index in [4.69, 9.17) is 0 Å². The van der Waals surface area contributed by atoms with Crippen molar-refractivity contribution in [3.8, 4) is 5.95 Å². The van der Waals surface area contributed by atoms with Crippen molar-refractivity contribution in [3.05, 3.63) is 70.8 Å². The Morgan fingerprint density at radius 1 is 1.14 bits per heavy atom. The molecule has 0 saturated carbocycles. The molecule has 3 aromatic rings. The molecule has 0 unspecified atom stereocenters. The predicted octanol–water partition coefficient (Wildman–Crippen LogP) is 3.20. The minimum atomic E-state index is 0.00832. The van der Waals surface area contributed by atoms with E-state index in [1.807, 2.05) is 48.8 Å². The van der Waals surface area contributed by atoms with Gasteiger partial charge in [0, 0.05) is 23.8 Å². The minimum Gasteiger partial charge on any atom is -0.289 e. The van der Waals surface area contributed by atoms with Gasteiger partial charge in [0.05, 0.1) is 11.2 Å². The van der Waals surface area contributed by atoms with E-state index in [2.05, 4.69) is 9.97 Å². The highest BCUT2D eigenvalue weighted by Gasteiger charge is 2.12. The van der Waals surface area contributed by atoms with Crippen LogP contribution in [0, 0.1) is 0 Å². The molecule has 0 aliphatic rings. The molecule has 0 spiro atoms. The summed E-state index contributed by atoms with van der Waals surface area (Å²) in [6.45, 7) is 3.92. The molecule has 1 aromatic carbocycles. The molecule has 0 saturated heterocycles. The zero-order valence-corrected chi connectivity index (χ0v) is 11.9. The number of fused-ring (bicyclic) bond motifs is 1. The summed E-state index contributed by atoms with van der Waals surface area (Å²) in [7, 11) is 0. The van der Waals surface area contributed by atoms with Gasteiger partial charge in [0.1, 0.15) is 0 Å². The van der Waals surface area contributed by atoms with Gasteiger partial charge in [-0.1, -0.05) is 18.2 Å². The smallest absolute Gasteiger partial charge is 0.234 e. The molecule has 0 aliphatic heterocycles. The van der Waals surface area contributed by atoms with Crippen LogP contribution in [0.25, 0.3) is 22.4 Å². The van der Waals surface area contributed by atoms with Gasteiger partial charge in [-0.15, -0.1) is 0 Å². The molecule has 0 fully saturated rings. The van der Waals surface area contributed by atoms with Gasteiger partial charge in [0.2, 0.25) is 5.95 Å². The fourth-order valence-corrected chi connectivity index (χ4v) is 2.33. The van der Waals surface area contributed by atoms with Gasteiger partial charge < -0.3 is 0 Å². The third kappa shape index (κ3) is 2.25. The van der Waals surface area contributed by atoms with Crippen molar-refractivity contribution in [2.24, 2.45) is 0 Å². The monoisotopic (exact) mass is 277 g/mol. The minimum absolute atomic E-state index is 0.00832. The molecule has 0 N–H and O–H groups in total. The van der Waals surface area contributed by atoms with Crippen molar-refractivity contribution in [1.29, 1.82) is 0 Å². The SMILES string of the molecule is C/C=C(\C)c1cc(=O)c2ccccc2n1-c1ncccn1.